The Kier molecular flexibility index (Phi) is 7.54. The van der Waals surface area contributed by atoms with Gasteiger partial charge in [-0.15, -0.1) is 10.2 Å². The molecule has 8 nitrogen and oxygen atoms in total. The minimum Gasteiger partial charge on any atom is -0.413 e. The van der Waals surface area contributed by atoms with Crippen LogP contribution in [0.3, 0.4) is 0 Å². The Labute approximate surface area is 193 Å². The number of amides is 1. The van der Waals surface area contributed by atoms with E-state index in [1.807, 2.05) is 13.8 Å². The Balaban J connectivity index is 1.81. The molecule has 2 N–H and O–H groups in total. The van der Waals surface area contributed by atoms with Crippen LogP contribution in [0.15, 0.2) is 52.9 Å². The molecule has 0 aliphatic carbocycles. The number of hydrogen-bond donors (Lipinski definition) is 2. The van der Waals surface area contributed by atoms with Gasteiger partial charge in [-0.25, -0.2) is 4.79 Å². The number of anilines is 1. The number of carbonyl (C=O) groups is 2. The molecule has 2 aromatic carbocycles. The van der Waals surface area contributed by atoms with Crippen LogP contribution in [0.4, 0.5) is 18.9 Å². The normalized spacial score (nSPS) is 12.3. The van der Waals surface area contributed by atoms with Gasteiger partial charge in [0, 0.05) is 17.7 Å². The van der Waals surface area contributed by atoms with Gasteiger partial charge in [-0.3, -0.25) is 4.79 Å². The van der Waals surface area contributed by atoms with Gasteiger partial charge in [0.15, 0.2) is 0 Å². The Hall–Kier alpha value is -3.89. The summed E-state index contributed by atoms with van der Waals surface area (Å²) in [6.07, 6.45) is -4.60. The first kappa shape index (κ1) is 24.7. The van der Waals surface area contributed by atoms with Gasteiger partial charge in [0.25, 0.3) is 5.91 Å². The summed E-state index contributed by atoms with van der Waals surface area (Å²) in [5.74, 6) is -2.73. The van der Waals surface area contributed by atoms with Crippen molar-refractivity contribution in [3.05, 3.63) is 65.5 Å². The number of hydroxylamine groups is 1. The number of carbonyl (C=O) groups excluding carboxylic acids is 2. The van der Waals surface area contributed by atoms with Crippen LogP contribution in [0.5, 0.6) is 0 Å². The lowest BCUT2D eigenvalue weighted by atomic mass is 9.94. The number of halogens is 3. The number of nitrogens with zero attached hydrogens (tertiary/aromatic N) is 2. The first-order chi connectivity index (χ1) is 16.1. The largest absolute Gasteiger partial charge is 0.470 e. The molecule has 1 atom stereocenters. The number of alkyl halides is 3. The summed E-state index contributed by atoms with van der Waals surface area (Å²) < 4.78 is 42.9. The molecule has 180 valence electrons. The highest BCUT2D eigenvalue weighted by atomic mass is 19.4. The molecule has 3 rings (SSSR count). The fraction of sp³-hybridized carbons (Fsp3) is 0.304. The van der Waals surface area contributed by atoms with E-state index in [0.717, 1.165) is 5.56 Å². The first-order valence-electron chi connectivity index (χ1n) is 10.5. The highest BCUT2D eigenvalue weighted by Crippen LogP contribution is 2.32. The number of nitrogens with one attached hydrogen (secondary N) is 2. The molecule has 0 fully saturated rings. The van der Waals surface area contributed by atoms with Gasteiger partial charge in [0.2, 0.25) is 5.89 Å². The van der Waals surface area contributed by atoms with E-state index >= 15 is 0 Å². The van der Waals surface area contributed by atoms with Crippen molar-refractivity contribution in [1.82, 2.24) is 15.7 Å². The summed E-state index contributed by atoms with van der Waals surface area (Å²) in [5, 5.41) is 9.83. The van der Waals surface area contributed by atoms with Crippen molar-refractivity contribution >= 4 is 17.6 Å². The number of para-hydroxylation sites is 1. The number of rotatable bonds is 7. The maximum absolute atomic E-state index is 12.7. The molecular weight excluding hydrogens is 453 g/mol. The lowest BCUT2D eigenvalue weighted by Gasteiger charge is -2.25. The molecule has 1 aromatic heterocycles. The topological polar surface area (TPSA) is 106 Å². The third kappa shape index (κ3) is 5.91. The molecule has 1 amide bonds. The van der Waals surface area contributed by atoms with Crippen molar-refractivity contribution in [2.45, 2.75) is 39.4 Å². The van der Waals surface area contributed by atoms with E-state index in [9.17, 15) is 22.8 Å². The second-order valence-corrected chi connectivity index (χ2v) is 7.70. The van der Waals surface area contributed by atoms with E-state index in [4.69, 9.17) is 9.25 Å². The van der Waals surface area contributed by atoms with Crippen LogP contribution >= 0.6 is 0 Å². The lowest BCUT2D eigenvalue weighted by Crippen LogP contribution is -2.28. The fourth-order valence-corrected chi connectivity index (χ4v) is 3.13. The average molecular weight is 476 g/mol. The van der Waals surface area contributed by atoms with Crippen LogP contribution in [-0.4, -0.2) is 22.1 Å². The summed E-state index contributed by atoms with van der Waals surface area (Å²) in [7, 11) is 0. The Bertz CT molecular complexity index is 1140. The van der Waals surface area contributed by atoms with Gasteiger partial charge in [0.1, 0.15) is 0 Å². The zero-order chi connectivity index (χ0) is 24.9. The molecule has 0 radical (unpaired) electrons. The van der Waals surface area contributed by atoms with Crippen LogP contribution in [0.25, 0.3) is 11.5 Å². The van der Waals surface area contributed by atoms with Crippen molar-refractivity contribution in [3.63, 3.8) is 0 Å². The molecule has 3 aromatic rings. The lowest BCUT2D eigenvalue weighted by molar-refractivity contribution is -0.157. The molecule has 0 spiro atoms. The van der Waals surface area contributed by atoms with Crippen LogP contribution in [0, 0.1) is 5.92 Å². The molecule has 0 aliphatic rings. The SMILES string of the molecule is CCC(=O)ONC(=O)c1ccccc1N[C@H](c1ccc(-c2nnc(C(F)(F)F)o2)cc1)C(C)C. The Morgan fingerprint density at radius 1 is 1.06 bits per heavy atom. The third-order valence-corrected chi connectivity index (χ3v) is 4.88. The molecule has 0 saturated heterocycles. The molecule has 0 bridgehead atoms. The molecule has 11 heteroatoms. The number of aromatic nitrogens is 2. The molecule has 0 aliphatic heterocycles. The van der Waals surface area contributed by atoms with Crippen molar-refractivity contribution in [2.24, 2.45) is 5.92 Å². The Morgan fingerprint density at radius 3 is 2.32 bits per heavy atom. The molecule has 0 unspecified atom stereocenters. The highest BCUT2D eigenvalue weighted by Gasteiger charge is 2.38. The minimum atomic E-state index is -4.72. The van der Waals surface area contributed by atoms with E-state index < -0.39 is 23.9 Å². The number of benzene rings is 2. The van der Waals surface area contributed by atoms with Crippen LogP contribution in [-0.2, 0) is 15.8 Å². The quantitative estimate of drug-likeness (QED) is 0.454. The first-order valence-corrected chi connectivity index (χ1v) is 10.5. The molecule has 1 heterocycles. The number of hydrogen-bond acceptors (Lipinski definition) is 7. The van der Waals surface area contributed by atoms with Crippen LogP contribution in [0.2, 0.25) is 0 Å². The fourth-order valence-electron chi connectivity index (χ4n) is 3.13. The van der Waals surface area contributed by atoms with Gasteiger partial charge < -0.3 is 14.6 Å². The highest BCUT2D eigenvalue weighted by molar-refractivity contribution is 5.99. The maximum Gasteiger partial charge on any atom is 0.470 e. The van der Waals surface area contributed by atoms with Gasteiger partial charge >= 0.3 is 18.0 Å². The summed E-state index contributed by atoms with van der Waals surface area (Å²) in [4.78, 5) is 28.6. The van der Waals surface area contributed by atoms with E-state index in [2.05, 4.69) is 21.0 Å². The van der Waals surface area contributed by atoms with Crippen LogP contribution < -0.4 is 10.8 Å². The van der Waals surface area contributed by atoms with Gasteiger partial charge in [-0.1, -0.05) is 45.0 Å². The van der Waals surface area contributed by atoms with Crippen LogP contribution in [0.1, 0.15) is 55.0 Å². The zero-order valence-electron chi connectivity index (χ0n) is 18.6. The van der Waals surface area contributed by atoms with Gasteiger partial charge in [0.05, 0.1) is 11.6 Å². The smallest absolute Gasteiger partial charge is 0.413 e. The van der Waals surface area contributed by atoms with Gasteiger partial charge in [-0.2, -0.15) is 18.7 Å². The summed E-state index contributed by atoms with van der Waals surface area (Å²) in [5.41, 5.74) is 4.09. The van der Waals surface area contributed by atoms with Crippen molar-refractivity contribution in [1.29, 1.82) is 0 Å². The standard InChI is InChI=1S/C23H23F3N4O4/c1-4-18(31)34-30-20(32)16-7-5-6-8-17(16)27-19(13(2)3)14-9-11-15(12-10-14)21-28-29-22(33-21)23(24,25)26/h5-13,19,27H,4H2,1-3H3,(H,30,32)/t19-/m0/s1. The van der Waals surface area contributed by atoms with E-state index in [0.29, 0.717) is 11.3 Å². The second-order valence-electron chi connectivity index (χ2n) is 7.70. The second kappa shape index (κ2) is 10.4. The summed E-state index contributed by atoms with van der Waals surface area (Å²) in [6.45, 7) is 5.56. The average Bonchev–Trinajstić information content (AvgIpc) is 3.32. The van der Waals surface area contributed by atoms with Gasteiger partial charge in [-0.05, 0) is 35.7 Å². The minimum absolute atomic E-state index is 0.0696. The van der Waals surface area contributed by atoms with E-state index in [1.54, 1.807) is 55.5 Å². The molecular formula is C23H23F3N4O4. The third-order valence-electron chi connectivity index (χ3n) is 4.88. The molecule has 0 saturated carbocycles. The maximum atomic E-state index is 12.7. The van der Waals surface area contributed by atoms with Crippen molar-refractivity contribution in [3.8, 4) is 11.5 Å². The summed E-state index contributed by atoms with van der Waals surface area (Å²) in [6, 6.07) is 13.1. The zero-order valence-corrected chi connectivity index (χ0v) is 18.6. The summed E-state index contributed by atoms with van der Waals surface area (Å²) >= 11 is 0. The van der Waals surface area contributed by atoms with Crippen molar-refractivity contribution in [2.75, 3.05) is 5.32 Å². The predicted molar refractivity (Wildman–Crippen MR) is 116 cm³/mol. The monoisotopic (exact) mass is 476 g/mol. The molecule has 34 heavy (non-hydrogen) atoms. The predicted octanol–water partition coefficient (Wildman–Crippen LogP) is 5.16. The van der Waals surface area contributed by atoms with Crippen molar-refractivity contribution < 1.29 is 32.0 Å². The Morgan fingerprint density at radius 2 is 1.74 bits per heavy atom. The van der Waals surface area contributed by atoms with E-state index in [-0.39, 0.29) is 29.8 Å². The van der Waals surface area contributed by atoms with E-state index in [1.165, 1.54) is 0 Å².